The minimum atomic E-state index is -4.53. The Balaban J connectivity index is 1.71. The Bertz CT molecular complexity index is 862. The van der Waals surface area contributed by atoms with Crippen molar-refractivity contribution in [2.24, 2.45) is 0 Å². The maximum atomic E-state index is 12.9. The molecule has 2 aromatic rings. The van der Waals surface area contributed by atoms with E-state index in [1.165, 1.54) is 13.0 Å². The van der Waals surface area contributed by atoms with Gasteiger partial charge in [0.25, 0.3) is 5.91 Å². The summed E-state index contributed by atoms with van der Waals surface area (Å²) in [6.07, 6.45) is -4.53. The first-order valence-corrected chi connectivity index (χ1v) is 8.42. The molecule has 6 nitrogen and oxygen atoms in total. The number of alkyl halides is 3. The molecule has 2 heterocycles. The van der Waals surface area contributed by atoms with Gasteiger partial charge in [0.1, 0.15) is 11.4 Å². The van der Waals surface area contributed by atoms with Crippen LogP contribution in [0.3, 0.4) is 0 Å². The SMILES string of the molecule is Cc1cc(C(F)(F)F)nc(N2CCN(C(=O)c3ccc(C)c(O)c3)CC2)n1. The monoisotopic (exact) mass is 380 g/mol. The summed E-state index contributed by atoms with van der Waals surface area (Å²) in [4.78, 5) is 23.5. The van der Waals surface area contributed by atoms with Crippen LogP contribution in [0.15, 0.2) is 24.3 Å². The molecule has 1 aromatic heterocycles. The third-order valence-electron chi connectivity index (χ3n) is 4.44. The van der Waals surface area contributed by atoms with Gasteiger partial charge in [0.2, 0.25) is 5.95 Å². The highest BCUT2D eigenvalue weighted by molar-refractivity contribution is 5.94. The third-order valence-corrected chi connectivity index (χ3v) is 4.44. The molecule has 1 fully saturated rings. The molecule has 0 bridgehead atoms. The zero-order valence-corrected chi connectivity index (χ0v) is 14.9. The first kappa shape index (κ1) is 18.9. The second-order valence-corrected chi connectivity index (χ2v) is 6.47. The fraction of sp³-hybridized carbons (Fsp3) is 0.389. The lowest BCUT2D eigenvalue weighted by Gasteiger charge is -2.35. The number of benzene rings is 1. The molecule has 0 aliphatic carbocycles. The van der Waals surface area contributed by atoms with Crippen molar-refractivity contribution in [2.75, 3.05) is 31.1 Å². The second-order valence-electron chi connectivity index (χ2n) is 6.47. The predicted molar refractivity (Wildman–Crippen MR) is 92.7 cm³/mol. The summed E-state index contributed by atoms with van der Waals surface area (Å²) in [6.45, 7) is 4.52. The Morgan fingerprint density at radius 2 is 1.74 bits per heavy atom. The van der Waals surface area contributed by atoms with Crippen LogP contribution in [0.4, 0.5) is 19.1 Å². The number of aryl methyl sites for hydroxylation is 2. The Kier molecular flexibility index (Phi) is 4.95. The van der Waals surface area contributed by atoms with Crippen molar-refractivity contribution in [2.45, 2.75) is 20.0 Å². The van der Waals surface area contributed by atoms with Gasteiger partial charge in [-0.25, -0.2) is 9.97 Å². The van der Waals surface area contributed by atoms with E-state index in [4.69, 9.17) is 0 Å². The number of aromatic hydroxyl groups is 1. The van der Waals surface area contributed by atoms with Crippen LogP contribution in [0.1, 0.15) is 27.3 Å². The molecule has 1 N–H and O–H groups in total. The molecule has 1 aliphatic heterocycles. The molecular formula is C18H19F3N4O2. The highest BCUT2D eigenvalue weighted by Gasteiger charge is 2.34. The van der Waals surface area contributed by atoms with E-state index >= 15 is 0 Å². The standard InChI is InChI=1S/C18H19F3N4O2/c1-11-3-4-13(10-14(11)26)16(27)24-5-7-25(8-6-24)17-22-12(2)9-15(23-17)18(19,20)21/h3-4,9-10,26H,5-8H2,1-2H3. The molecule has 1 amide bonds. The van der Waals surface area contributed by atoms with Crippen LogP contribution in [0.25, 0.3) is 0 Å². The van der Waals surface area contributed by atoms with E-state index in [0.717, 1.165) is 6.07 Å². The number of nitrogens with zero attached hydrogens (tertiary/aromatic N) is 4. The zero-order chi connectivity index (χ0) is 19.8. The highest BCUT2D eigenvalue weighted by atomic mass is 19.4. The van der Waals surface area contributed by atoms with Crippen molar-refractivity contribution < 1.29 is 23.1 Å². The van der Waals surface area contributed by atoms with Gasteiger partial charge < -0.3 is 14.9 Å². The number of hydrogen-bond acceptors (Lipinski definition) is 5. The minimum absolute atomic E-state index is 0.0161. The Morgan fingerprint density at radius 3 is 2.33 bits per heavy atom. The number of carbonyl (C=O) groups is 1. The number of rotatable bonds is 2. The molecule has 1 saturated heterocycles. The highest BCUT2D eigenvalue weighted by Crippen LogP contribution is 2.29. The first-order valence-electron chi connectivity index (χ1n) is 8.42. The molecule has 0 radical (unpaired) electrons. The quantitative estimate of drug-likeness (QED) is 0.868. The van der Waals surface area contributed by atoms with Gasteiger partial charge in [0.15, 0.2) is 0 Å². The predicted octanol–water partition coefficient (Wildman–Crippen LogP) is 2.78. The van der Waals surface area contributed by atoms with Crippen LogP contribution in [-0.4, -0.2) is 52.1 Å². The Morgan fingerprint density at radius 1 is 1.07 bits per heavy atom. The molecule has 0 unspecified atom stereocenters. The number of carbonyl (C=O) groups excluding carboxylic acids is 1. The van der Waals surface area contributed by atoms with E-state index in [1.54, 1.807) is 28.9 Å². The van der Waals surface area contributed by atoms with Gasteiger partial charge in [0, 0.05) is 37.4 Å². The number of hydrogen-bond donors (Lipinski definition) is 1. The van der Waals surface area contributed by atoms with Gasteiger partial charge in [0.05, 0.1) is 0 Å². The number of anilines is 1. The van der Waals surface area contributed by atoms with Gasteiger partial charge >= 0.3 is 6.18 Å². The van der Waals surface area contributed by atoms with Crippen LogP contribution >= 0.6 is 0 Å². The van der Waals surface area contributed by atoms with Crippen molar-refractivity contribution in [1.29, 1.82) is 0 Å². The van der Waals surface area contributed by atoms with E-state index in [9.17, 15) is 23.1 Å². The second kappa shape index (κ2) is 7.05. The van der Waals surface area contributed by atoms with Gasteiger partial charge in [-0.2, -0.15) is 13.2 Å². The average Bonchev–Trinajstić information content (AvgIpc) is 2.62. The Labute approximate surface area is 154 Å². The van der Waals surface area contributed by atoms with Gasteiger partial charge in [-0.3, -0.25) is 4.79 Å². The number of aromatic nitrogens is 2. The number of piperazine rings is 1. The number of phenols is 1. The van der Waals surface area contributed by atoms with Gasteiger partial charge in [-0.1, -0.05) is 6.07 Å². The Hall–Kier alpha value is -2.84. The summed E-state index contributed by atoms with van der Waals surface area (Å²) in [6, 6.07) is 5.64. The van der Waals surface area contributed by atoms with Crippen molar-refractivity contribution in [3.63, 3.8) is 0 Å². The maximum Gasteiger partial charge on any atom is 0.433 e. The van der Waals surface area contributed by atoms with Crippen molar-refractivity contribution in [3.8, 4) is 5.75 Å². The molecule has 9 heteroatoms. The minimum Gasteiger partial charge on any atom is -0.508 e. The van der Waals surface area contributed by atoms with Crippen LogP contribution in [0, 0.1) is 13.8 Å². The van der Waals surface area contributed by atoms with E-state index < -0.39 is 11.9 Å². The van der Waals surface area contributed by atoms with Crippen LogP contribution in [0.2, 0.25) is 0 Å². The molecule has 1 aliphatic rings. The van der Waals surface area contributed by atoms with E-state index in [1.807, 2.05) is 0 Å². The van der Waals surface area contributed by atoms with Crippen LogP contribution in [0.5, 0.6) is 5.75 Å². The van der Waals surface area contributed by atoms with Crippen molar-refractivity contribution in [3.05, 3.63) is 46.8 Å². The van der Waals surface area contributed by atoms with Gasteiger partial charge in [-0.15, -0.1) is 0 Å². The van der Waals surface area contributed by atoms with E-state index in [-0.39, 0.29) is 23.3 Å². The fourth-order valence-corrected chi connectivity index (χ4v) is 2.87. The molecule has 0 atom stereocenters. The van der Waals surface area contributed by atoms with Crippen LogP contribution < -0.4 is 4.90 Å². The lowest BCUT2D eigenvalue weighted by atomic mass is 10.1. The third kappa shape index (κ3) is 4.12. The topological polar surface area (TPSA) is 69.6 Å². The first-order chi connectivity index (χ1) is 12.6. The number of phenolic OH excluding ortho intramolecular Hbond substituents is 1. The number of halogens is 3. The average molecular weight is 380 g/mol. The molecule has 0 spiro atoms. The fourth-order valence-electron chi connectivity index (χ4n) is 2.87. The normalized spacial score (nSPS) is 15.1. The summed E-state index contributed by atoms with van der Waals surface area (Å²) in [5.41, 5.74) is 0.311. The lowest BCUT2D eigenvalue weighted by molar-refractivity contribution is -0.141. The smallest absolute Gasteiger partial charge is 0.433 e. The molecule has 144 valence electrons. The molecular weight excluding hydrogens is 361 g/mol. The van der Waals surface area contributed by atoms with Crippen molar-refractivity contribution in [1.82, 2.24) is 14.9 Å². The maximum absolute atomic E-state index is 12.9. The molecule has 0 saturated carbocycles. The largest absolute Gasteiger partial charge is 0.508 e. The summed E-state index contributed by atoms with van der Waals surface area (Å²) >= 11 is 0. The zero-order valence-electron chi connectivity index (χ0n) is 14.9. The summed E-state index contributed by atoms with van der Waals surface area (Å²) < 4.78 is 38.8. The summed E-state index contributed by atoms with van der Waals surface area (Å²) in [5, 5.41) is 9.77. The van der Waals surface area contributed by atoms with E-state index in [0.29, 0.717) is 37.3 Å². The number of amides is 1. The van der Waals surface area contributed by atoms with Crippen LogP contribution in [-0.2, 0) is 6.18 Å². The molecule has 1 aromatic carbocycles. The van der Waals surface area contributed by atoms with Gasteiger partial charge in [-0.05, 0) is 37.6 Å². The van der Waals surface area contributed by atoms with E-state index in [2.05, 4.69) is 9.97 Å². The summed E-state index contributed by atoms with van der Waals surface area (Å²) in [7, 11) is 0. The molecule has 27 heavy (non-hydrogen) atoms. The van der Waals surface area contributed by atoms with Crippen molar-refractivity contribution >= 4 is 11.9 Å². The lowest BCUT2D eigenvalue weighted by Crippen LogP contribution is -2.49. The summed E-state index contributed by atoms with van der Waals surface area (Å²) in [5.74, 6) is -0.166. The molecule has 3 rings (SSSR count).